The Bertz CT molecular complexity index is 788. The Morgan fingerprint density at radius 3 is 2.52 bits per heavy atom. The second kappa shape index (κ2) is 8.52. The second-order valence-corrected chi connectivity index (χ2v) is 6.23. The van der Waals surface area contributed by atoms with E-state index >= 15 is 0 Å². The molecule has 0 aliphatic carbocycles. The van der Waals surface area contributed by atoms with Crippen molar-refractivity contribution in [1.29, 1.82) is 0 Å². The first-order chi connectivity index (χ1) is 11.9. The molecule has 0 unspecified atom stereocenters. The van der Waals surface area contributed by atoms with Gasteiger partial charge in [0.25, 0.3) is 0 Å². The first kappa shape index (κ1) is 18.8. The zero-order valence-electron chi connectivity index (χ0n) is 15.4. The molecular formula is C22H26O3. The first-order valence-electron chi connectivity index (χ1n) is 8.70. The maximum atomic E-state index is 10.8. The average Bonchev–Trinajstić information content (AvgIpc) is 2.61. The van der Waals surface area contributed by atoms with Crippen molar-refractivity contribution in [3.63, 3.8) is 0 Å². The number of hydrogen-bond acceptors (Lipinski definition) is 2. The van der Waals surface area contributed by atoms with E-state index in [1.54, 1.807) is 0 Å². The Hall–Kier alpha value is -2.55. The van der Waals surface area contributed by atoms with Crippen LogP contribution in [-0.2, 0) is 17.6 Å². The Morgan fingerprint density at radius 2 is 1.92 bits per heavy atom. The third-order valence-electron chi connectivity index (χ3n) is 4.46. The summed E-state index contributed by atoms with van der Waals surface area (Å²) in [4.78, 5) is 10.8. The van der Waals surface area contributed by atoms with Crippen LogP contribution in [0.15, 0.2) is 42.5 Å². The van der Waals surface area contributed by atoms with Crippen LogP contribution >= 0.6 is 0 Å². The predicted molar refractivity (Wildman–Crippen MR) is 102 cm³/mol. The average molecular weight is 338 g/mol. The topological polar surface area (TPSA) is 46.5 Å². The highest BCUT2D eigenvalue weighted by atomic mass is 16.5. The molecule has 1 N–H and O–H groups in total. The minimum atomic E-state index is -0.769. The minimum absolute atomic E-state index is 0.151. The number of ether oxygens (including phenoxy) is 1. The zero-order chi connectivity index (χ0) is 18.4. The maximum absolute atomic E-state index is 10.8. The highest BCUT2D eigenvalue weighted by molar-refractivity contribution is 5.67. The number of hydrogen-bond donors (Lipinski definition) is 1. The molecule has 0 radical (unpaired) electrons. The van der Waals surface area contributed by atoms with E-state index in [2.05, 4.69) is 32.1 Å². The number of carboxylic acid groups (broad SMARTS) is 1. The molecular weight excluding hydrogens is 312 g/mol. The van der Waals surface area contributed by atoms with E-state index in [1.807, 2.05) is 38.1 Å². The number of aryl methyl sites for hydroxylation is 3. The van der Waals surface area contributed by atoms with Crippen LogP contribution in [0.5, 0.6) is 11.5 Å². The quantitative estimate of drug-likeness (QED) is 0.695. The molecule has 0 atom stereocenters. The number of carboxylic acids is 1. The van der Waals surface area contributed by atoms with Crippen molar-refractivity contribution < 1.29 is 14.6 Å². The molecule has 25 heavy (non-hydrogen) atoms. The van der Waals surface area contributed by atoms with E-state index in [0.717, 1.165) is 34.6 Å². The van der Waals surface area contributed by atoms with Crippen LogP contribution in [0.25, 0.3) is 5.57 Å². The first-order valence-corrected chi connectivity index (χ1v) is 8.70. The van der Waals surface area contributed by atoms with Crippen molar-refractivity contribution in [2.75, 3.05) is 0 Å². The highest BCUT2D eigenvalue weighted by Gasteiger charge is 2.08. The monoisotopic (exact) mass is 338 g/mol. The summed E-state index contributed by atoms with van der Waals surface area (Å²) < 4.78 is 6.06. The molecule has 2 rings (SSSR count). The number of rotatable bonds is 7. The fourth-order valence-electron chi connectivity index (χ4n) is 2.78. The molecule has 0 spiro atoms. The Kier molecular flexibility index (Phi) is 6.40. The lowest BCUT2D eigenvalue weighted by Gasteiger charge is -2.13. The molecule has 132 valence electrons. The van der Waals surface area contributed by atoms with Crippen LogP contribution < -0.4 is 4.74 Å². The van der Waals surface area contributed by atoms with Crippen molar-refractivity contribution in [1.82, 2.24) is 0 Å². The van der Waals surface area contributed by atoms with Crippen molar-refractivity contribution in [2.45, 2.75) is 47.0 Å². The van der Waals surface area contributed by atoms with Gasteiger partial charge in [-0.05, 0) is 85.7 Å². The molecule has 0 saturated heterocycles. The van der Waals surface area contributed by atoms with Gasteiger partial charge in [-0.1, -0.05) is 25.1 Å². The van der Waals surface area contributed by atoms with Crippen LogP contribution in [0.4, 0.5) is 0 Å². The molecule has 3 nitrogen and oxygen atoms in total. The Balaban J connectivity index is 2.21. The van der Waals surface area contributed by atoms with Gasteiger partial charge in [0.15, 0.2) is 0 Å². The van der Waals surface area contributed by atoms with Gasteiger partial charge in [-0.2, -0.15) is 0 Å². The van der Waals surface area contributed by atoms with Crippen molar-refractivity contribution in [3.8, 4) is 11.5 Å². The molecule has 2 aromatic rings. The predicted octanol–water partition coefficient (Wildman–Crippen LogP) is 5.79. The minimum Gasteiger partial charge on any atom is -0.481 e. The summed E-state index contributed by atoms with van der Waals surface area (Å²) in [5.41, 5.74) is 5.74. The summed E-state index contributed by atoms with van der Waals surface area (Å²) in [7, 11) is 0. The van der Waals surface area contributed by atoms with E-state index in [1.165, 1.54) is 11.1 Å². The standard InChI is InChI=1S/C22H26O3/c1-5-15(3)19-8-11-21(16(4)13-19)25-20-10-7-18(9-12-22(23)24)17(6-2)14-20/h5,7-8,10-11,13-14H,6,9,12H2,1-4H3,(H,23,24)/b15-5-. The third kappa shape index (κ3) is 4.96. The molecule has 0 amide bonds. The van der Waals surface area contributed by atoms with Crippen LogP contribution in [0.2, 0.25) is 0 Å². The molecule has 0 saturated carbocycles. The Morgan fingerprint density at radius 1 is 1.16 bits per heavy atom. The fourth-order valence-corrected chi connectivity index (χ4v) is 2.78. The van der Waals surface area contributed by atoms with Crippen LogP contribution in [-0.4, -0.2) is 11.1 Å². The van der Waals surface area contributed by atoms with Crippen LogP contribution in [0.3, 0.4) is 0 Å². The van der Waals surface area contributed by atoms with E-state index in [4.69, 9.17) is 9.84 Å². The largest absolute Gasteiger partial charge is 0.481 e. The second-order valence-electron chi connectivity index (χ2n) is 6.23. The SMILES string of the molecule is C/C=C(/C)c1ccc(Oc2ccc(CCC(=O)O)c(CC)c2)c(C)c1. The summed E-state index contributed by atoms with van der Waals surface area (Å²) in [6.07, 6.45) is 3.65. The number of aliphatic carboxylic acids is 1. The zero-order valence-corrected chi connectivity index (χ0v) is 15.4. The molecule has 0 fully saturated rings. The summed E-state index contributed by atoms with van der Waals surface area (Å²) in [6.45, 7) is 8.25. The van der Waals surface area contributed by atoms with Gasteiger partial charge >= 0.3 is 5.97 Å². The number of allylic oxidation sites excluding steroid dienone is 2. The number of benzene rings is 2. The fraction of sp³-hybridized carbons (Fsp3) is 0.318. The van der Waals surface area contributed by atoms with E-state index in [9.17, 15) is 4.79 Å². The highest BCUT2D eigenvalue weighted by Crippen LogP contribution is 2.29. The van der Waals surface area contributed by atoms with E-state index in [-0.39, 0.29) is 6.42 Å². The van der Waals surface area contributed by atoms with Gasteiger partial charge in [0.2, 0.25) is 0 Å². The van der Waals surface area contributed by atoms with E-state index in [0.29, 0.717) is 6.42 Å². The van der Waals surface area contributed by atoms with Gasteiger partial charge in [-0.25, -0.2) is 0 Å². The molecule has 3 heteroatoms. The van der Waals surface area contributed by atoms with Crippen LogP contribution in [0.1, 0.15) is 49.4 Å². The van der Waals surface area contributed by atoms with E-state index < -0.39 is 5.97 Å². The molecule has 0 aromatic heterocycles. The number of carbonyl (C=O) groups is 1. The Labute approximate surface area is 150 Å². The normalized spacial score (nSPS) is 11.4. The third-order valence-corrected chi connectivity index (χ3v) is 4.46. The summed E-state index contributed by atoms with van der Waals surface area (Å²) in [5.74, 6) is 0.858. The van der Waals surface area contributed by atoms with Gasteiger partial charge in [-0.3, -0.25) is 4.79 Å². The van der Waals surface area contributed by atoms with Gasteiger partial charge in [0.1, 0.15) is 11.5 Å². The lowest BCUT2D eigenvalue weighted by atomic mass is 10.0. The molecule has 0 bridgehead atoms. The smallest absolute Gasteiger partial charge is 0.303 e. The van der Waals surface area contributed by atoms with Gasteiger partial charge in [-0.15, -0.1) is 0 Å². The van der Waals surface area contributed by atoms with Crippen molar-refractivity contribution in [3.05, 3.63) is 64.7 Å². The molecule has 0 heterocycles. The maximum Gasteiger partial charge on any atom is 0.303 e. The lowest BCUT2D eigenvalue weighted by Crippen LogP contribution is -2.00. The molecule has 0 aliphatic rings. The van der Waals surface area contributed by atoms with Gasteiger partial charge in [0, 0.05) is 6.42 Å². The van der Waals surface area contributed by atoms with Crippen molar-refractivity contribution in [2.24, 2.45) is 0 Å². The summed E-state index contributed by atoms with van der Waals surface area (Å²) in [5, 5.41) is 8.87. The molecule has 2 aromatic carbocycles. The van der Waals surface area contributed by atoms with Crippen LogP contribution in [0, 0.1) is 6.92 Å². The van der Waals surface area contributed by atoms with Crippen molar-refractivity contribution >= 4 is 11.5 Å². The summed E-state index contributed by atoms with van der Waals surface area (Å²) in [6, 6.07) is 12.1. The summed E-state index contributed by atoms with van der Waals surface area (Å²) >= 11 is 0. The lowest BCUT2D eigenvalue weighted by molar-refractivity contribution is -0.136. The molecule has 0 aliphatic heterocycles. The van der Waals surface area contributed by atoms with Gasteiger partial charge < -0.3 is 9.84 Å². The van der Waals surface area contributed by atoms with Gasteiger partial charge in [0.05, 0.1) is 0 Å².